The molecule has 0 aromatic carbocycles. The predicted octanol–water partition coefficient (Wildman–Crippen LogP) is 1.37. The van der Waals surface area contributed by atoms with Crippen LogP contribution in [0.5, 0.6) is 0 Å². The molecule has 4 saturated carbocycles. The van der Waals surface area contributed by atoms with Crippen LogP contribution in [-0.2, 0) is 19.1 Å². The zero-order valence-electron chi connectivity index (χ0n) is 10.7. The zero-order valence-corrected chi connectivity index (χ0v) is 10.7. The van der Waals surface area contributed by atoms with E-state index in [2.05, 4.69) is 0 Å². The van der Waals surface area contributed by atoms with Crippen molar-refractivity contribution in [1.82, 2.24) is 0 Å². The van der Waals surface area contributed by atoms with Crippen molar-refractivity contribution in [3.05, 3.63) is 0 Å². The molecule has 0 radical (unpaired) electrons. The number of esters is 1. The summed E-state index contributed by atoms with van der Waals surface area (Å²) in [4.78, 5) is 36.4. The highest BCUT2D eigenvalue weighted by atomic mass is 16.5. The molecular weight excluding hydrogens is 232 g/mol. The van der Waals surface area contributed by atoms with Gasteiger partial charge in [0.25, 0.3) is 0 Å². The maximum atomic E-state index is 12.2. The molecule has 4 atom stereocenters. The molecule has 4 bridgehead atoms. The van der Waals surface area contributed by atoms with Crippen LogP contribution in [0, 0.1) is 29.6 Å². The molecule has 4 fully saturated rings. The molecule has 0 amide bonds. The predicted molar refractivity (Wildman–Crippen MR) is 62.5 cm³/mol. The molecule has 0 saturated heterocycles. The number of rotatable bonds is 2. The molecule has 18 heavy (non-hydrogen) atoms. The first-order chi connectivity index (χ1) is 8.49. The van der Waals surface area contributed by atoms with Crippen LogP contribution in [0.1, 0.15) is 33.1 Å². The summed E-state index contributed by atoms with van der Waals surface area (Å²) in [6, 6.07) is 0. The Bertz CT molecular complexity index is 398. The molecule has 0 aromatic heterocycles. The van der Waals surface area contributed by atoms with Crippen LogP contribution in [0.15, 0.2) is 0 Å². The average Bonchev–Trinajstić information content (AvgIpc) is 2.26. The first-order valence-corrected chi connectivity index (χ1v) is 6.77. The van der Waals surface area contributed by atoms with Gasteiger partial charge in [-0.15, -0.1) is 0 Å². The van der Waals surface area contributed by atoms with Crippen molar-refractivity contribution in [2.24, 2.45) is 29.6 Å². The van der Waals surface area contributed by atoms with E-state index in [0.717, 1.165) is 6.42 Å². The van der Waals surface area contributed by atoms with Crippen molar-refractivity contribution in [2.45, 2.75) is 39.2 Å². The van der Waals surface area contributed by atoms with E-state index < -0.39 is 5.92 Å². The molecule has 0 N–H and O–H groups in total. The highest BCUT2D eigenvalue weighted by Gasteiger charge is 2.60. The first kappa shape index (κ1) is 11.9. The minimum absolute atomic E-state index is 0.0274. The summed E-state index contributed by atoms with van der Waals surface area (Å²) in [6.07, 6.45) is 1.67. The second-order valence-corrected chi connectivity index (χ2v) is 6.13. The third-order valence-corrected chi connectivity index (χ3v) is 4.67. The van der Waals surface area contributed by atoms with Crippen LogP contribution < -0.4 is 0 Å². The molecule has 4 aliphatic rings. The highest BCUT2D eigenvalue weighted by molar-refractivity contribution is 6.00. The van der Waals surface area contributed by atoms with Gasteiger partial charge in [0.2, 0.25) is 0 Å². The van der Waals surface area contributed by atoms with Crippen molar-refractivity contribution in [1.29, 1.82) is 0 Å². The van der Waals surface area contributed by atoms with E-state index in [1.165, 1.54) is 0 Å². The third kappa shape index (κ3) is 1.54. The van der Waals surface area contributed by atoms with E-state index in [1.807, 2.05) is 0 Å². The fourth-order valence-electron chi connectivity index (χ4n) is 4.02. The summed E-state index contributed by atoms with van der Waals surface area (Å²) in [7, 11) is 0. The SMILES string of the molecule is CC(C)OC(=O)C1[C@@H]2C[C@H]3C[C@H](C[C@@H]1C3=O)C2=O. The Morgan fingerprint density at radius 3 is 2.00 bits per heavy atom. The van der Waals surface area contributed by atoms with Gasteiger partial charge in [-0.05, 0) is 33.1 Å². The molecule has 0 heterocycles. The number of carbonyl (C=O) groups excluding carboxylic acids is 3. The Morgan fingerprint density at radius 2 is 1.56 bits per heavy atom. The quantitative estimate of drug-likeness (QED) is 0.694. The van der Waals surface area contributed by atoms with Gasteiger partial charge in [0.1, 0.15) is 11.6 Å². The molecule has 98 valence electrons. The van der Waals surface area contributed by atoms with Gasteiger partial charge in [-0.2, -0.15) is 0 Å². The average molecular weight is 250 g/mol. The lowest BCUT2D eigenvalue weighted by Gasteiger charge is -2.50. The van der Waals surface area contributed by atoms with Gasteiger partial charge in [0.05, 0.1) is 12.0 Å². The number of ether oxygens (including phenoxy) is 1. The van der Waals surface area contributed by atoms with Crippen LogP contribution in [0.25, 0.3) is 0 Å². The van der Waals surface area contributed by atoms with Crippen molar-refractivity contribution >= 4 is 17.5 Å². The minimum atomic E-state index is -0.500. The minimum Gasteiger partial charge on any atom is -0.463 e. The van der Waals surface area contributed by atoms with E-state index in [0.29, 0.717) is 12.8 Å². The summed E-state index contributed by atoms with van der Waals surface area (Å²) in [5, 5.41) is 0. The number of hydrogen-bond donors (Lipinski definition) is 0. The van der Waals surface area contributed by atoms with E-state index in [1.54, 1.807) is 13.8 Å². The lowest BCUT2D eigenvalue weighted by atomic mass is 9.50. The number of Topliss-reactive ketones (excluding diaryl/α,β-unsaturated/α-hetero) is 2. The fourth-order valence-corrected chi connectivity index (χ4v) is 4.02. The van der Waals surface area contributed by atoms with E-state index in [4.69, 9.17) is 4.74 Å². The number of ketones is 2. The highest BCUT2D eigenvalue weighted by Crippen LogP contribution is 2.53. The van der Waals surface area contributed by atoms with E-state index in [9.17, 15) is 14.4 Å². The topological polar surface area (TPSA) is 60.4 Å². The van der Waals surface area contributed by atoms with Crippen molar-refractivity contribution in [2.75, 3.05) is 0 Å². The Kier molecular flexibility index (Phi) is 2.57. The van der Waals surface area contributed by atoms with Crippen molar-refractivity contribution in [3.8, 4) is 0 Å². The molecule has 4 heteroatoms. The van der Waals surface area contributed by atoms with E-state index in [-0.39, 0.29) is 47.3 Å². The number of hydrogen-bond acceptors (Lipinski definition) is 4. The molecule has 4 aliphatic carbocycles. The van der Waals surface area contributed by atoms with E-state index >= 15 is 0 Å². The molecule has 0 aromatic rings. The normalized spacial score (nSPS) is 41.6. The van der Waals surface area contributed by atoms with Gasteiger partial charge in [0.15, 0.2) is 0 Å². The lowest BCUT2D eigenvalue weighted by Crippen LogP contribution is -2.58. The Morgan fingerprint density at radius 1 is 1.06 bits per heavy atom. The molecule has 0 aliphatic heterocycles. The second kappa shape index (κ2) is 3.90. The lowest BCUT2D eigenvalue weighted by molar-refractivity contribution is -0.175. The second-order valence-electron chi connectivity index (χ2n) is 6.13. The van der Waals surface area contributed by atoms with Crippen LogP contribution >= 0.6 is 0 Å². The Labute approximate surface area is 106 Å². The van der Waals surface area contributed by atoms with Crippen molar-refractivity contribution in [3.63, 3.8) is 0 Å². The van der Waals surface area contributed by atoms with Crippen LogP contribution in [0.3, 0.4) is 0 Å². The molecule has 4 rings (SSSR count). The monoisotopic (exact) mass is 250 g/mol. The summed E-state index contributed by atoms with van der Waals surface area (Å²) in [6.45, 7) is 3.58. The standard InChI is InChI=1S/C14H18O4/c1-6(2)18-14(17)11-9-4-7-3-8(13(9)16)5-10(11)12(7)15/h6-11H,3-5H2,1-2H3/t7-,8-,9+,10+/m1/s1. The van der Waals surface area contributed by atoms with Crippen LogP contribution in [0.2, 0.25) is 0 Å². The molecular formula is C14H18O4. The van der Waals surface area contributed by atoms with Gasteiger partial charge in [-0.25, -0.2) is 0 Å². The molecule has 0 unspecified atom stereocenters. The molecule has 0 spiro atoms. The van der Waals surface area contributed by atoms with Gasteiger partial charge in [-0.3, -0.25) is 14.4 Å². The van der Waals surface area contributed by atoms with Gasteiger partial charge in [0, 0.05) is 23.7 Å². The van der Waals surface area contributed by atoms with Gasteiger partial charge < -0.3 is 4.74 Å². The number of carbonyl (C=O) groups is 3. The summed E-state index contributed by atoms with van der Waals surface area (Å²) in [5.41, 5.74) is 0. The van der Waals surface area contributed by atoms with Crippen LogP contribution in [-0.4, -0.2) is 23.6 Å². The third-order valence-electron chi connectivity index (χ3n) is 4.67. The Hall–Kier alpha value is -1.19. The smallest absolute Gasteiger partial charge is 0.310 e. The van der Waals surface area contributed by atoms with Gasteiger partial charge in [-0.1, -0.05) is 0 Å². The summed E-state index contributed by atoms with van der Waals surface area (Å²) >= 11 is 0. The fraction of sp³-hybridized carbons (Fsp3) is 0.786. The van der Waals surface area contributed by atoms with Gasteiger partial charge >= 0.3 is 5.97 Å². The first-order valence-electron chi connectivity index (χ1n) is 6.77. The molecule has 4 nitrogen and oxygen atoms in total. The maximum Gasteiger partial charge on any atom is 0.310 e. The largest absolute Gasteiger partial charge is 0.463 e. The summed E-state index contributed by atoms with van der Waals surface area (Å²) in [5.74, 6) is -0.908. The van der Waals surface area contributed by atoms with Crippen LogP contribution in [0.4, 0.5) is 0 Å². The summed E-state index contributed by atoms with van der Waals surface area (Å²) < 4.78 is 5.23. The Balaban J connectivity index is 1.88. The maximum absolute atomic E-state index is 12.2. The zero-order chi connectivity index (χ0) is 13.0. The van der Waals surface area contributed by atoms with Crippen molar-refractivity contribution < 1.29 is 19.1 Å².